The summed E-state index contributed by atoms with van der Waals surface area (Å²) < 4.78 is 23.1. The molecule has 2 aromatic rings. The predicted molar refractivity (Wildman–Crippen MR) is 106 cm³/mol. The van der Waals surface area contributed by atoms with E-state index in [0.717, 1.165) is 6.26 Å². The lowest BCUT2D eigenvalue weighted by Gasteiger charge is -2.16. The van der Waals surface area contributed by atoms with Crippen LogP contribution in [-0.4, -0.2) is 51.5 Å². The fraction of sp³-hybridized carbons (Fsp3) is 0.222. The molecular weight excluding hydrogens is 390 g/mol. The van der Waals surface area contributed by atoms with E-state index in [4.69, 9.17) is 11.6 Å². The maximum absolute atomic E-state index is 12.1. The van der Waals surface area contributed by atoms with Gasteiger partial charge in [-0.25, -0.2) is 8.42 Å². The molecule has 2 amide bonds. The van der Waals surface area contributed by atoms with Crippen LogP contribution in [0.15, 0.2) is 53.4 Å². The number of nitrogens with zero attached hydrogens (tertiary/aromatic N) is 1. The fourth-order valence-corrected chi connectivity index (χ4v) is 3.08. The van der Waals surface area contributed by atoms with Crippen molar-refractivity contribution >= 4 is 44.6 Å². The molecule has 0 saturated heterocycles. The molecule has 27 heavy (non-hydrogen) atoms. The van der Waals surface area contributed by atoms with Gasteiger partial charge in [0.15, 0.2) is 9.84 Å². The van der Waals surface area contributed by atoms with E-state index in [-0.39, 0.29) is 29.8 Å². The second-order valence-electron chi connectivity index (χ2n) is 6.08. The van der Waals surface area contributed by atoms with E-state index in [2.05, 4.69) is 10.6 Å². The van der Waals surface area contributed by atoms with Crippen LogP contribution in [0.4, 0.5) is 11.4 Å². The number of nitrogens with one attached hydrogen (secondary N) is 2. The molecule has 0 saturated carbocycles. The van der Waals surface area contributed by atoms with Crippen molar-refractivity contribution in [2.45, 2.75) is 4.90 Å². The van der Waals surface area contributed by atoms with Crippen LogP contribution < -0.4 is 10.6 Å². The summed E-state index contributed by atoms with van der Waals surface area (Å²) in [7, 11) is -1.72. The van der Waals surface area contributed by atoms with Gasteiger partial charge in [-0.1, -0.05) is 17.7 Å². The number of sulfone groups is 1. The first-order valence-electron chi connectivity index (χ1n) is 7.97. The lowest BCUT2D eigenvalue weighted by molar-refractivity contribution is -0.119. The highest BCUT2D eigenvalue weighted by Gasteiger charge is 2.13. The number of halogens is 1. The van der Waals surface area contributed by atoms with Crippen LogP contribution in [0, 0.1) is 0 Å². The zero-order chi connectivity index (χ0) is 20.0. The summed E-state index contributed by atoms with van der Waals surface area (Å²) in [6.45, 7) is -0.0173. The summed E-state index contributed by atoms with van der Waals surface area (Å²) in [5.74, 6) is -0.630. The van der Waals surface area contributed by atoms with E-state index in [0.29, 0.717) is 16.4 Å². The number of amides is 2. The number of hydrogen-bond acceptors (Lipinski definition) is 5. The van der Waals surface area contributed by atoms with Gasteiger partial charge in [-0.3, -0.25) is 14.5 Å². The second-order valence-corrected chi connectivity index (χ2v) is 8.53. The number of carbonyl (C=O) groups is 2. The Labute approximate surface area is 163 Å². The fourth-order valence-electron chi connectivity index (χ4n) is 2.28. The maximum atomic E-state index is 12.1. The SMILES string of the molecule is CN(CC(=O)Nc1ccc(Cl)cc1)CC(=O)Nc1cccc(S(C)(=O)=O)c1. The van der Waals surface area contributed by atoms with Crippen LogP contribution in [0.2, 0.25) is 5.02 Å². The van der Waals surface area contributed by atoms with E-state index in [1.165, 1.54) is 12.1 Å². The zero-order valence-electron chi connectivity index (χ0n) is 14.9. The van der Waals surface area contributed by atoms with Crippen LogP contribution in [0.1, 0.15) is 0 Å². The van der Waals surface area contributed by atoms with E-state index in [1.807, 2.05) is 0 Å². The summed E-state index contributed by atoms with van der Waals surface area (Å²) in [6, 6.07) is 12.7. The molecule has 0 unspecified atom stereocenters. The Kier molecular flexibility index (Phi) is 6.95. The number of anilines is 2. The third-order valence-corrected chi connectivity index (χ3v) is 4.86. The predicted octanol–water partition coefficient (Wildman–Crippen LogP) is 2.25. The van der Waals surface area contributed by atoms with Gasteiger partial charge in [0, 0.05) is 22.7 Å². The molecule has 144 valence electrons. The summed E-state index contributed by atoms with van der Waals surface area (Å²) >= 11 is 5.79. The minimum absolute atomic E-state index is 0.0133. The third kappa shape index (κ3) is 7.01. The van der Waals surface area contributed by atoms with Gasteiger partial charge in [0.05, 0.1) is 18.0 Å². The Bertz CT molecular complexity index is 930. The lowest BCUT2D eigenvalue weighted by Crippen LogP contribution is -2.36. The van der Waals surface area contributed by atoms with Crippen LogP contribution in [0.3, 0.4) is 0 Å². The molecule has 2 N–H and O–H groups in total. The van der Waals surface area contributed by atoms with Crippen molar-refractivity contribution in [2.75, 3.05) is 37.0 Å². The minimum atomic E-state index is -3.36. The summed E-state index contributed by atoms with van der Waals surface area (Å²) in [5.41, 5.74) is 0.988. The molecule has 0 radical (unpaired) electrons. The van der Waals surface area contributed by atoms with Gasteiger partial charge in [-0.15, -0.1) is 0 Å². The molecule has 0 fully saturated rings. The number of rotatable bonds is 7. The molecule has 0 atom stereocenters. The summed E-state index contributed by atoms with van der Waals surface area (Å²) in [4.78, 5) is 25.8. The van der Waals surface area contributed by atoms with Gasteiger partial charge in [0.1, 0.15) is 0 Å². The summed E-state index contributed by atoms with van der Waals surface area (Å²) in [5, 5.41) is 5.90. The number of likely N-dealkylation sites (N-methyl/N-ethyl adjacent to an activating group) is 1. The molecule has 0 spiro atoms. The average Bonchev–Trinajstić information content (AvgIpc) is 2.56. The average molecular weight is 410 g/mol. The van der Waals surface area contributed by atoms with E-state index >= 15 is 0 Å². The molecule has 0 aliphatic rings. The number of carbonyl (C=O) groups excluding carboxylic acids is 2. The van der Waals surface area contributed by atoms with Gasteiger partial charge >= 0.3 is 0 Å². The minimum Gasteiger partial charge on any atom is -0.325 e. The van der Waals surface area contributed by atoms with Gasteiger partial charge in [0.2, 0.25) is 11.8 Å². The number of benzene rings is 2. The van der Waals surface area contributed by atoms with Gasteiger partial charge in [0.25, 0.3) is 0 Å². The Morgan fingerprint density at radius 2 is 1.52 bits per heavy atom. The van der Waals surface area contributed by atoms with Crippen LogP contribution in [-0.2, 0) is 19.4 Å². The molecule has 7 nitrogen and oxygen atoms in total. The standard InChI is InChI=1S/C18H20ClN3O4S/c1-22(11-17(23)20-14-8-6-13(19)7-9-14)12-18(24)21-15-4-3-5-16(10-15)27(2,25)26/h3-10H,11-12H2,1-2H3,(H,20,23)(H,21,24). The topological polar surface area (TPSA) is 95.6 Å². The van der Waals surface area contributed by atoms with Crippen molar-refractivity contribution in [1.82, 2.24) is 4.90 Å². The van der Waals surface area contributed by atoms with Gasteiger partial charge < -0.3 is 10.6 Å². The quantitative estimate of drug-likeness (QED) is 0.731. The molecule has 2 rings (SSSR count). The van der Waals surface area contributed by atoms with Crippen LogP contribution in [0.5, 0.6) is 0 Å². The number of hydrogen-bond donors (Lipinski definition) is 2. The first kappa shape index (κ1) is 20.9. The highest BCUT2D eigenvalue weighted by Crippen LogP contribution is 2.15. The van der Waals surface area contributed by atoms with Crippen molar-refractivity contribution in [1.29, 1.82) is 0 Å². The molecule has 0 heterocycles. The van der Waals surface area contributed by atoms with Crippen LogP contribution in [0.25, 0.3) is 0 Å². The van der Waals surface area contributed by atoms with Gasteiger partial charge in [-0.2, -0.15) is 0 Å². The molecule has 0 aliphatic heterocycles. The Hall–Kier alpha value is -2.42. The third-order valence-electron chi connectivity index (χ3n) is 3.50. The maximum Gasteiger partial charge on any atom is 0.238 e. The largest absolute Gasteiger partial charge is 0.325 e. The monoisotopic (exact) mass is 409 g/mol. The normalized spacial score (nSPS) is 11.3. The summed E-state index contributed by atoms with van der Waals surface area (Å²) in [6.07, 6.45) is 1.10. The molecule has 9 heteroatoms. The second kappa shape index (κ2) is 8.98. The lowest BCUT2D eigenvalue weighted by atomic mass is 10.3. The Morgan fingerprint density at radius 1 is 0.963 bits per heavy atom. The van der Waals surface area contributed by atoms with Crippen molar-refractivity contribution < 1.29 is 18.0 Å². The Morgan fingerprint density at radius 3 is 2.07 bits per heavy atom. The molecule has 0 aliphatic carbocycles. The molecule has 0 aromatic heterocycles. The Balaban J connectivity index is 1.86. The van der Waals surface area contributed by atoms with Crippen molar-refractivity contribution in [2.24, 2.45) is 0 Å². The highest BCUT2D eigenvalue weighted by molar-refractivity contribution is 7.90. The van der Waals surface area contributed by atoms with Gasteiger partial charge in [-0.05, 0) is 49.5 Å². The smallest absolute Gasteiger partial charge is 0.238 e. The van der Waals surface area contributed by atoms with Crippen molar-refractivity contribution in [3.63, 3.8) is 0 Å². The van der Waals surface area contributed by atoms with Crippen molar-refractivity contribution in [3.05, 3.63) is 53.6 Å². The highest BCUT2D eigenvalue weighted by atomic mass is 35.5. The first-order valence-corrected chi connectivity index (χ1v) is 10.2. The first-order chi connectivity index (χ1) is 12.6. The molecular formula is C18H20ClN3O4S. The van der Waals surface area contributed by atoms with E-state index in [1.54, 1.807) is 48.3 Å². The molecule has 2 aromatic carbocycles. The van der Waals surface area contributed by atoms with E-state index in [9.17, 15) is 18.0 Å². The van der Waals surface area contributed by atoms with Crippen molar-refractivity contribution in [3.8, 4) is 0 Å². The molecule has 0 bridgehead atoms. The zero-order valence-corrected chi connectivity index (χ0v) is 16.5. The van der Waals surface area contributed by atoms with Crippen LogP contribution >= 0.6 is 11.6 Å². The van der Waals surface area contributed by atoms with E-state index < -0.39 is 9.84 Å².